The lowest BCUT2D eigenvalue weighted by Gasteiger charge is -2.39. The molecule has 14 nitrogen and oxygen atoms in total. The van der Waals surface area contributed by atoms with Gasteiger partial charge in [0.2, 0.25) is 5.88 Å². The van der Waals surface area contributed by atoms with Crippen LogP contribution in [0, 0.1) is 15.5 Å². The van der Waals surface area contributed by atoms with Crippen molar-refractivity contribution in [2.24, 2.45) is 5.41 Å². The third kappa shape index (κ3) is 9.98. The van der Waals surface area contributed by atoms with Gasteiger partial charge in [0.1, 0.15) is 17.2 Å². The molecular weight excluding hydrogens is 796 g/mol. The summed E-state index contributed by atoms with van der Waals surface area (Å²) in [6, 6.07) is 19.4. The summed E-state index contributed by atoms with van der Waals surface area (Å²) in [4.78, 5) is 35.2. The molecule has 0 atom stereocenters. The molecule has 0 spiro atoms. The summed E-state index contributed by atoms with van der Waals surface area (Å²) in [5.74, 6) is -0.941. The molecule has 3 aromatic carbocycles. The highest BCUT2D eigenvalue weighted by Crippen LogP contribution is 2.43. The number of aromatic hydroxyl groups is 1. The lowest BCUT2D eigenvalue weighted by atomic mass is 9.72. The second-order valence-corrected chi connectivity index (χ2v) is 18.2. The van der Waals surface area contributed by atoms with Gasteiger partial charge in [-0.1, -0.05) is 43.2 Å². The van der Waals surface area contributed by atoms with Crippen LogP contribution in [-0.4, -0.2) is 93.3 Å². The Morgan fingerprint density at radius 3 is 2.46 bits per heavy atom. The van der Waals surface area contributed by atoms with Crippen molar-refractivity contribution in [2.45, 2.75) is 56.9 Å². The van der Waals surface area contributed by atoms with Crippen molar-refractivity contribution in [3.05, 3.63) is 111 Å². The maximum Gasteiger partial charge on any atom is 0.293 e. The summed E-state index contributed by atoms with van der Waals surface area (Å²) in [7, 11) is -2.84. The van der Waals surface area contributed by atoms with Crippen LogP contribution < -0.4 is 19.3 Å². The number of anilines is 2. The second-order valence-electron chi connectivity index (χ2n) is 16.1. The van der Waals surface area contributed by atoms with Gasteiger partial charge in [-0.15, -0.1) is 0 Å². The smallest absolute Gasteiger partial charge is 0.293 e. The number of piperazine rings is 1. The van der Waals surface area contributed by atoms with E-state index in [1.165, 1.54) is 53.2 Å². The molecule has 0 saturated carbocycles. The van der Waals surface area contributed by atoms with Crippen LogP contribution >= 0.6 is 11.6 Å². The molecule has 16 heteroatoms. The number of nitrogens with zero attached hydrogens (tertiary/aromatic N) is 5. The number of nitrogens with one attached hydrogen (secondary N) is 1. The van der Waals surface area contributed by atoms with Crippen molar-refractivity contribution in [2.75, 3.05) is 62.8 Å². The number of hydrogen-bond donors (Lipinski definition) is 2. The second kappa shape index (κ2) is 17.6. The Kier molecular flexibility index (Phi) is 12.5. The first-order valence-corrected chi connectivity index (χ1v) is 21.6. The van der Waals surface area contributed by atoms with E-state index in [0.717, 1.165) is 55.7 Å². The van der Waals surface area contributed by atoms with Crippen LogP contribution in [0.1, 0.15) is 61.9 Å². The van der Waals surface area contributed by atoms with Gasteiger partial charge < -0.3 is 24.4 Å². The Morgan fingerprint density at radius 2 is 1.78 bits per heavy atom. The first kappa shape index (κ1) is 41.9. The van der Waals surface area contributed by atoms with Crippen LogP contribution in [0.2, 0.25) is 5.02 Å². The quantitative estimate of drug-likeness (QED) is 0.106. The Labute approximate surface area is 349 Å². The van der Waals surface area contributed by atoms with E-state index < -0.39 is 31.4 Å². The van der Waals surface area contributed by atoms with Crippen LogP contribution in [-0.2, 0) is 14.8 Å². The van der Waals surface area contributed by atoms with Crippen molar-refractivity contribution in [3.8, 4) is 17.4 Å². The normalized spacial score (nSPS) is 17.7. The summed E-state index contributed by atoms with van der Waals surface area (Å²) in [5, 5.41) is 22.6. The summed E-state index contributed by atoms with van der Waals surface area (Å²) in [6.45, 7) is 9.57. The van der Waals surface area contributed by atoms with Crippen LogP contribution in [0.5, 0.6) is 17.4 Å². The molecule has 2 fully saturated rings. The van der Waals surface area contributed by atoms with Crippen LogP contribution in [0.15, 0.2) is 89.5 Å². The van der Waals surface area contributed by atoms with E-state index in [1.807, 2.05) is 12.1 Å². The predicted octanol–water partition coefficient (Wildman–Crippen LogP) is 7.66. The van der Waals surface area contributed by atoms with E-state index in [1.54, 1.807) is 24.1 Å². The molecular formula is C43H49ClN6O8S. The maximum absolute atomic E-state index is 13.8. The van der Waals surface area contributed by atoms with Gasteiger partial charge in [-0.2, -0.15) is 0 Å². The average molecular weight is 845 g/mol. The number of carbonyl (C=O) groups is 1. The third-order valence-corrected chi connectivity index (χ3v) is 13.1. The van der Waals surface area contributed by atoms with Crippen molar-refractivity contribution >= 4 is 50.2 Å². The number of rotatable bonds is 12. The van der Waals surface area contributed by atoms with Crippen LogP contribution in [0.3, 0.4) is 0 Å². The molecule has 0 unspecified atom stereocenters. The largest absolute Gasteiger partial charge is 0.493 e. The molecule has 1 aliphatic carbocycles. The maximum atomic E-state index is 13.8. The minimum absolute atomic E-state index is 0.0142. The highest BCUT2D eigenvalue weighted by atomic mass is 35.5. The zero-order chi connectivity index (χ0) is 41.9. The number of ether oxygens (including phenoxy) is 2. The molecule has 3 aliphatic rings. The SMILES string of the molecule is CN(c1ccc(S(=O)(=O)NC(=O)c2ccc(N3CCN(CC4=C(c5ccc(Cl)cc5)CC(C)(C)CC4)CC3)cc2Oc2ccc(O)nc2)cc1[N+](=O)[O-])C1CCOCC1. The van der Waals surface area contributed by atoms with Crippen molar-refractivity contribution < 1.29 is 32.7 Å². The fraction of sp³-hybridized carbons (Fsp3) is 0.395. The van der Waals surface area contributed by atoms with Gasteiger partial charge in [0.15, 0.2) is 0 Å². The predicted molar refractivity (Wildman–Crippen MR) is 227 cm³/mol. The number of nitro groups is 1. The number of benzene rings is 3. The van der Waals surface area contributed by atoms with E-state index in [0.29, 0.717) is 39.1 Å². The summed E-state index contributed by atoms with van der Waals surface area (Å²) in [5.41, 5.74) is 4.84. The Hall–Kier alpha value is -5.22. The molecule has 0 radical (unpaired) electrons. The molecule has 0 bridgehead atoms. The first-order valence-electron chi connectivity index (χ1n) is 19.7. The first-order chi connectivity index (χ1) is 28.2. The third-order valence-electron chi connectivity index (χ3n) is 11.5. The zero-order valence-electron chi connectivity index (χ0n) is 33.4. The van der Waals surface area contributed by atoms with E-state index in [4.69, 9.17) is 21.1 Å². The van der Waals surface area contributed by atoms with E-state index >= 15 is 0 Å². The van der Waals surface area contributed by atoms with Crippen molar-refractivity contribution in [1.82, 2.24) is 14.6 Å². The van der Waals surface area contributed by atoms with Crippen molar-refractivity contribution in [3.63, 3.8) is 0 Å². The summed E-state index contributed by atoms with van der Waals surface area (Å²) >= 11 is 6.22. The van der Waals surface area contributed by atoms with E-state index in [-0.39, 0.29) is 40.1 Å². The minimum atomic E-state index is -4.57. The molecule has 7 rings (SSSR count). The summed E-state index contributed by atoms with van der Waals surface area (Å²) in [6.07, 6.45) is 5.80. The Balaban J connectivity index is 1.09. The number of sulfonamides is 1. The van der Waals surface area contributed by atoms with Gasteiger partial charge in [0, 0.05) is 87.9 Å². The molecule has 59 heavy (non-hydrogen) atoms. The molecule has 1 aromatic heterocycles. The van der Waals surface area contributed by atoms with E-state index in [9.17, 15) is 28.4 Å². The van der Waals surface area contributed by atoms with Gasteiger partial charge in [-0.3, -0.25) is 19.8 Å². The summed E-state index contributed by atoms with van der Waals surface area (Å²) < 4.78 is 40.9. The van der Waals surface area contributed by atoms with Crippen LogP contribution in [0.25, 0.3) is 5.57 Å². The molecule has 1 amide bonds. The minimum Gasteiger partial charge on any atom is -0.493 e. The molecule has 2 aliphatic heterocycles. The molecule has 4 aromatic rings. The van der Waals surface area contributed by atoms with Gasteiger partial charge >= 0.3 is 0 Å². The molecule has 2 saturated heterocycles. The van der Waals surface area contributed by atoms with Gasteiger partial charge in [0.05, 0.1) is 21.6 Å². The number of nitro benzene ring substituents is 1. The van der Waals surface area contributed by atoms with Gasteiger partial charge in [-0.05, 0) is 91.1 Å². The topological polar surface area (TPSA) is 168 Å². The van der Waals surface area contributed by atoms with Gasteiger partial charge in [0.25, 0.3) is 21.6 Å². The molecule has 2 N–H and O–H groups in total. The average Bonchev–Trinajstić information content (AvgIpc) is 3.22. The van der Waals surface area contributed by atoms with Crippen LogP contribution in [0.4, 0.5) is 17.1 Å². The standard InChI is InChI=1S/C43H49ClN6O8S/c1-43(2)17-14-30(37(26-43)29-4-6-31(44)7-5-29)28-48-18-20-49(21-19-48)33-8-11-36(40(24-33)58-34-9-13-41(51)45-27-34)42(52)46-59(55,56)35-10-12-38(39(25-35)50(53)54)47(3)32-15-22-57-23-16-32/h4-13,24-25,27,32H,14-23,26,28H2,1-3H3,(H,45,51)(H,46,52). The van der Waals surface area contributed by atoms with Crippen molar-refractivity contribution in [1.29, 1.82) is 0 Å². The monoisotopic (exact) mass is 844 g/mol. The molecule has 312 valence electrons. The number of amides is 1. The number of carbonyl (C=O) groups excluding carboxylic acids is 1. The number of allylic oxidation sites excluding steroid dienone is 1. The lowest BCUT2D eigenvalue weighted by molar-refractivity contribution is -0.384. The van der Waals surface area contributed by atoms with Gasteiger partial charge in [-0.25, -0.2) is 18.1 Å². The fourth-order valence-corrected chi connectivity index (χ4v) is 9.17. The number of aromatic nitrogens is 1. The lowest BCUT2D eigenvalue weighted by Crippen LogP contribution is -2.47. The Morgan fingerprint density at radius 1 is 1.05 bits per heavy atom. The molecule has 3 heterocycles. The number of halogens is 1. The zero-order valence-corrected chi connectivity index (χ0v) is 35.0. The Bertz CT molecular complexity index is 2330. The highest BCUT2D eigenvalue weighted by Gasteiger charge is 2.31. The van der Waals surface area contributed by atoms with E-state index in [2.05, 4.69) is 45.5 Å². The fourth-order valence-electron chi connectivity index (χ4n) is 8.06. The number of hydrogen-bond acceptors (Lipinski definition) is 12. The highest BCUT2D eigenvalue weighted by molar-refractivity contribution is 7.90. The number of pyridine rings is 1.